The van der Waals surface area contributed by atoms with Gasteiger partial charge in [0.05, 0.1) is 11.9 Å². The number of likely N-dealkylation sites (tertiary alicyclic amines) is 1. The Morgan fingerprint density at radius 3 is 2.79 bits per heavy atom. The third-order valence-electron chi connectivity index (χ3n) is 9.75. The number of Topliss-reactive ketones (excluding diaryl/α,β-unsaturated/α-hetero) is 2. The maximum absolute atomic E-state index is 13.1. The highest BCUT2D eigenvalue weighted by atomic mass is 16.6. The van der Waals surface area contributed by atoms with E-state index >= 15 is 0 Å². The van der Waals surface area contributed by atoms with Gasteiger partial charge < -0.3 is 30.3 Å². The van der Waals surface area contributed by atoms with E-state index < -0.39 is 18.2 Å². The Hall–Kier alpha value is -3.47. The number of rotatable bonds is 12. The van der Waals surface area contributed by atoms with Crippen LogP contribution in [-0.4, -0.2) is 84.6 Å². The van der Waals surface area contributed by atoms with Crippen LogP contribution in [0, 0.1) is 11.3 Å². The summed E-state index contributed by atoms with van der Waals surface area (Å²) in [7, 11) is 3.79. The van der Waals surface area contributed by atoms with Crippen molar-refractivity contribution >= 4 is 29.4 Å². The predicted molar refractivity (Wildman–Crippen MR) is 156 cm³/mol. The largest absolute Gasteiger partial charge is 0.477 e. The molecule has 0 aromatic heterocycles. The highest BCUT2D eigenvalue weighted by Crippen LogP contribution is 2.63. The SMILES string of the molecule is CC(=O)N[C@H](CCCCC(=N)N)C(=O)CCCN(C)C(=O)Oc1ccc2c3c1O[C@H]1C(=O)CC[C@H]4[C@@H](C2)N(C)CC[C@]314. The van der Waals surface area contributed by atoms with Crippen LogP contribution in [0.4, 0.5) is 4.79 Å². The number of hydrogen-bond donors (Lipinski definition) is 3. The molecule has 11 nitrogen and oxygen atoms in total. The van der Waals surface area contributed by atoms with Crippen LogP contribution in [0.2, 0.25) is 0 Å². The quantitative estimate of drug-likeness (QED) is 0.193. The third kappa shape index (κ3) is 5.50. The van der Waals surface area contributed by atoms with Crippen molar-refractivity contribution in [2.75, 3.05) is 27.2 Å². The van der Waals surface area contributed by atoms with Crippen molar-refractivity contribution in [3.8, 4) is 11.5 Å². The summed E-state index contributed by atoms with van der Waals surface area (Å²) in [5, 5.41) is 10.0. The Morgan fingerprint density at radius 2 is 2.05 bits per heavy atom. The molecule has 228 valence electrons. The maximum atomic E-state index is 13.1. The number of nitrogens with two attached hydrogens (primary N) is 1. The van der Waals surface area contributed by atoms with Gasteiger partial charge in [-0.05, 0) is 69.7 Å². The minimum Gasteiger partial charge on any atom is -0.477 e. The first-order chi connectivity index (χ1) is 20.0. The number of piperidine rings is 1. The molecule has 2 fully saturated rings. The first kappa shape index (κ1) is 30.0. The van der Waals surface area contributed by atoms with Crippen LogP contribution in [0.15, 0.2) is 12.1 Å². The van der Waals surface area contributed by atoms with Gasteiger partial charge in [0.25, 0.3) is 0 Å². The molecule has 2 aliphatic heterocycles. The number of carbonyl (C=O) groups is 4. The lowest BCUT2D eigenvalue weighted by atomic mass is 9.52. The standard InChI is InChI=1S/C31H43N5O6/c1-18(37)34-21(7-4-5-9-26(32)33)23(38)8-6-15-36(3)30(40)41-25-13-10-19-17-22-20-11-12-24(39)29-31(20,14-16-35(22)2)27(19)28(25)42-29/h10,13,20-22,29H,4-9,11-12,14-17H2,1-3H3,(H3,32,33)(H,34,37)/t20-,21+,22+,29-,31-/m0/s1. The zero-order valence-corrected chi connectivity index (χ0v) is 24.9. The van der Waals surface area contributed by atoms with Crippen molar-refractivity contribution in [2.24, 2.45) is 11.7 Å². The minimum absolute atomic E-state index is 0.0939. The number of amides is 2. The number of unbranched alkanes of at least 4 members (excludes halogenated alkanes) is 1. The van der Waals surface area contributed by atoms with Gasteiger partial charge in [0.15, 0.2) is 29.2 Å². The Bertz CT molecular complexity index is 1280. The number of nitrogens with one attached hydrogen (secondary N) is 2. The fourth-order valence-electron chi connectivity index (χ4n) is 7.74. The average molecular weight is 582 g/mol. The zero-order valence-electron chi connectivity index (χ0n) is 24.9. The molecule has 1 saturated carbocycles. The summed E-state index contributed by atoms with van der Waals surface area (Å²) in [6.45, 7) is 2.58. The van der Waals surface area contributed by atoms with E-state index in [1.54, 1.807) is 13.1 Å². The summed E-state index contributed by atoms with van der Waals surface area (Å²) >= 11 is 0. The Morgan fingerprint density at radius 1 is 1.26 bits per heavy atom. The van der Waals surface area contributed by atoms with E-state index in [4.69, 9.17) is 20.6 Å². The molecule has 2 heterocycles. The number of hydrogen-bond acceptors (Lipinski definition) is 8. The van der Waals surface area contributed by atoms with Gasteiger partial charge in [0.1, 0.15) is 0 Å². The van der Waals surface area contributed by atoms with Gasteiger partial charge in [-0.15, -0.1) is 0 Å². The third-order valence-corrected chi connectivity index (χ3v) is 9.75. The van der Waals surface area contributed by atoms with E-state index in [9.17, 15) is 19.2 Å². The molecule has 0 unspecified atom stereocenters. The molecule has 5 rings (SSSR count). The first-order valence-electron chi connectivity index (χ1n) is 15.1. The summed E-state index contributed by atoms with van der Waals surface area (Å²) in [5.74, 6) is 1.09. The number of benzene rings is 1. The fraction of sp³-hybridized carbons (Fsp3) is 0.645. The van der Waals surface area contributed by atoms with Gasteiger partial charge >= 0.3 is 6.09 Å². The number of likely N-dealkylation sites (N-methyl/N-ethyl adjacent to an activating group) is 1. The normalized spacial score (nSPS) is 26.1. The lowest BCUT2D eigenvalue weighted by Gasteiger charge is -2.57. The fourth-order valence-corrected chi connectivity index (χ4v) is 7.74. The number of carbonyl (C=O) groups excluding carboxylic acids is 4. The Balaban J connectivity index is 1.21. The molecule has 1 aromatic carbocycles. The molecular formula is C31H43N5O6. The maximum Gasteiger partial charge on any atom is 0.415 e. The summed E-state index contributed by atoms with van der Waals surface area (Å²) in [5.41, 5.74) is 7.30. The van der Waals surface area contributed by atoms with Crippen molar-refractivity contribution < 1.29 is 28.7 Å². The van der Waals surface area contributed by atoms with Crippen LogP contribution in [0.25, 0.3) is 0 Å². The van der Waals surface area contributed by atoms with Crippen LogP contribution >= 0.6 is 0 Å². The van der Waals surface area contributed by atoms with Gasteiger partial charge in [0.2, 0.25) is 5.91 Å². The molecule has 42 heavy (non-hydrogen) atoms. The number of ether oxygens (including phenoxy) is 2. The summed E-state index contributed by atoms with van der Waals surface area (Å²) < 4.78 is 12.2. The van der Waals surface area contributed by atoms with Crippen molar-refractivity contribution in [3.05, 3.63) is 23.3 Å². The molecule has 0 radical (unpaired) electrons. The predicted octanol–water partition coefficient (Wildman–Crippen LogP) is 2.71. The minimum atomic E-state index is -0.600. The van der Waals surface area contributed by atoms with Crippen molar-refractivity contribution in [1.29, 1.82) is 5.41 Å². The molecular weight excluding hydrogens is 538 g/mol. The van der Waals surface area contributed by atoms with Gasteiger partial charge in [-0.1, -0.05) is 12.5 Å². The topological polar surface area (TPSA) is 155 Å². The first-order valence-corrected chi connectivity index (χ1v) is 15.1. The molecule has 1 spiro atoms. The van der Waals surface area contributed by atoms with Gasteiger partial charge in [-0.2, -0.15) is 0 Å². The van der Waals surface area contributed by atoms with E-state index in [2.05, 4.69) is 17.3 Å². The van der Waals surface area contributed by atoms with Crippen LogP contribution in [-0.2, 0) is 26.2 Å². The molecule has 2 bridgehead atoms. The highest BCUT2D eigenvalue weighted by Gasteiger charge is 2.65. The van der Waals surface area contributed by atoms with Crippen molar-refractivity contribution in [1.82, 2.24) is 15.1 Å². The van der Waals surface area contributed by atoms with E-state index in [-0.39, 0.29) is 35.1 Å². The van der Waals surface area contributed by atoms with Crippen LogP contribution < -0.4 is 20.5 Å². The number of amidine groups is 1. The molecule has 4 N–H and O–H groups in total. The molecule has 1 saturated heterocycles. The molecule has 2 aliphatic carbocycles. The smallest absolute Gasteiger partial charge is 0.415 e. The second-order valence-electron chi connectivity index (χ2n) is 12.5. The van der Waals surface area contributed by atoms with Gasteiger partial charge in [-0.25, -0.2) is 4.79 Å². The van der Waals surface area contributed by atoms with Crippen molar-refractivity contribution in [3.63, 3.8) is 0 Å². The zero-order chi connectivity index (χ0) is 30.2. The monoisotopic (exact) mass is 581 g/mol. The van der Waals surface area contributed by atoms with E-state index in [1.165, 1.54) is 17.4 Å². The van der Waals surface area contributed by atoms with Crippen molar-refractivity contribution in [2.45, 2.75) is 94.7 Å². The van der Waals surface area contributed by atoms with E-state index in [0.29, 0.717) is 68.5 Å². The van der Waals surface area contributed by atoms with E-state index in [1.807, 2.05) is 6.07 Å². The lowest BCUT2D eigenvalue weighted by molar-refractivity contribution is -0.138. The summed E-state index contributed by atoms with van der Waals surface area (Å²) in [6.07, 6.45) is 4.94. The lowest BCUT2D eigenvalue weighted by Crippen LogP contribution is -2.65. The van der Waals surface area contributed by atoms with Crippen LogP contribution in [0.3, 0.4) is 0 Å². The molecule has 1 aromatic rings. The van der Waals surface area contributed by atoms with Crippen LogP contribution in [0.1, 0.15) is 75.8 Å². The number of ketones is 2. The summed E-state index contributed by atoms with van der Waals surface area (Å²) in [4.78, 5) is 54.5. The number of nitrogens with zero attached hydrogens (tertiary/aromatic N) is 2. The highest BCUT2D eigenvalue weighted by molar-refractivity contribution is 5.90. The Labute approximate surface area is 246 Å². The summed E-state index contributed by atoms with van der Waals surface area (Å²) in [6, 6.07) is 3.58. The second kappa shape index (κ2) is 12.0. The second-order valence-corrected chi connectivity index (χ2v) is 12.5. The molecule has 11 heteroatoms. The molecule has 5 atom stereocenters. The molecule has 4 aliphatic rings. The van der Waals surface area contributed by atoms with Gasteiger partial charge in [-0.3, -0.25) is 19.8 Å². The van der Waals surface area contributed by atoms with E-state index in [0.717, 1.165) is 31.4 Å². The van der Waals surface area contributed by atoms with Crippen LogP contribution in [0.5, 0.6) is 11.5 Å². The Kier molecular flexibility index (Phi) is 8.59. The van der Waals surface area contributed by atoms with Gasteiger partial charge in [0, 0.05) is 56.8 Å². The molecule has 2 amide bonds. The average Bonchev–Trinajstić information content (AvgIpc) is 3.30.